The van der Waals surface area contributed by atoms with E-state index in [9.17, 15) is 17.6 Å². The molecule has 44 heavy (non-hydrogen) atoms. The normalized spacial score (nSPS) is 17.7. The Bertz CT molecular complexity index is 1760. The molecule has 0 radical (unpaired) electrons. The van der Waals surface area contributed by atoms with E-state index in [1.54, 1.807) is 18.2 Å². The van der Waals surface area contributed by atoms with Crippen molar-refractivity contribution in [3.05, 3.63) is 94.1 Å². The standard InChI is InChI=1S/C32H33ClFN5O3S2/c1-22-8-10-24(11-9-22)26-19-23(20-30(36-26)38-17-15-37(16-18-38)27-6-3-2-5-25(27)34)21-35-32(40)28-7-4-14-39(28)44(41,42)31-13-12-29(33)43-31/h2-3,5-6,8-13,19-20,28H,4,7,14-18,21H2,1H3,(H,35,40). The highest BCUT2D eigenvalue weighted by Gasteiger charge is 2.40. The van der Waals surface area contributed by atoms with Gasteiger partial charge in [0.2, 0.25) is 5.91 Å². The average Bonchev–Trinajstić information content (AvgIpc) is 3.71. The molecule has 230 valence electrons. The van der Waals surface area contributed by atoms with Crippen LogP contribution >= 0.6 is 22.9 Å². The predicted octanol–water partition coefficient (Wildman–Crippen LogP) is 5.71. The molecule has 2 aromatic carbocycles. The Morgan fingerprint density at radius 3 is 2.43 bits per heavy atom. The number of para-hydroxylation sites is 1. The minimum absolute atomic E-state index is 0.138. The van der Waals surface area contributed by atoms with Crippen LogP contribution in [0, 0.1) is 12.7 Å². The molecule has 1 atom stereocenters. The van der Waals surface area contributed by atoms with Crippen molar-refractivity contribution in [3.63, 3.8) is 0 Å². The highest BCUT2D eigenvalue weighted by Crippen LogP contribution is 2.32. The van der Waals surface area contributed by atoms with Crippen LogP contribution in [0.5, 0.6) is 0 Å². The number of aryl methyl sites for hydroxylation is 1. The molecule has 0 saturated carbocycles. The van der Waals surface area contributed by atoms with Crippen LogP contribution in [0.4, 0.5) is 15.9 Å². The monoisotopic (exact) mass is 653 g/mol. The largest absolute Gasteiger partial charge is 0.366 e. The number of amides is 1. The number of carbonyl (C=O) groups is 1. The summed E-state index contributed by atoms with van der Waals surface area (Å²) in [5.74, 6) is 0.217. The van der Waals surface area contributed by atoms with Gasteiger partial charge in [-0.15, -0.1) is 11.3 Å². The van der Waals surface area contributed by atoms with E-state index in [1.807, 2.05) is 54.3 Å². The van der Waals surface area contributed by atoms with Gasteiger partial charge < -0.3 is 15.1 Å². The van der Waals surface area contributed by atoms with Crippen molar-refractivity contribution >= 4 is 50.4 Å². The molecule has 1 N–H and O–H groups in total. The van der Waals surface area contributed by atoms with Crippen molar-refractivity contribution in [1.29, 1.82) is 0 Å². The fraction of sp³-hybridized carbons (Fsp3) is 0.312. The first-order valence-corrected chi connectivity index (χ1v) is 17.2. The Balaban J connectivity index is 1.20. The van der Waals surface area contributed by atoms with Gasteiger partial charge in [0.25, 0.3) is 10.0 Å². The quantitative estimate of drug-likeness (QED) is 0.262. The number of rotatable bonds is 8. The van der Waals surface area contributed by atoms with Crippen LogP contribution < -0.4 is 15.1 Å². The zero-order valence-corrected chi connectivity index (χ0v) is 26.6. The summed E-state index contributed by atoms with van der Waals surface area (Å²) in [5.41, 5.74) is 4.33. The number of thiophene rings is 1. The van der Waals surface area contributed by atoms with Crippen LogP contribution in [0.15, 0.2) is 77.0 Å². The molecule has 2 saturated heterocycles. The van der Waals surface area contributed by atoms with Gasteiger partial charge in [-0.3, -0.25) is 4.79 Å². The summed E-state index contributed by atoms with van der Waals surface area (Å²) in [6, 6.07) is 21.1. The Labute approximate surface area is 266 Å². The molecular formula is C32H33ClFN5O3S2. The van der Waals surface area contributed by atoms with Gasteiger partial charge in [-0.25, -0.2) is 17.8 Å². The van der Waals surface area contributed by atoms with E-state index < -0.39 is 16.1 Å². The van der Waals surface area contributed by atoms with Crippen LogP contribution in [-0.2, 0) is 21.4 Å². The molecule has 2 aliphatic rings. The molecule has 2 aliphatic heterocycles. The van der Waals surface area contributed by atoms with Crippen molar-refractivity contribution < 1.29 is 17.6 Å². The van der Waals surface area contributed by atoms with Gasteiger partial charge in [0.05, 0.1) is 15.7 Å². The number of aromatic nitrogens is 1. The number of nitrogens with zero attached hydrogens (tertiary/aromatic N) is 4. The van der Waals surface area contributed by atoms with E-state index in [-0.39, 0.29) is 29.0 Å². The average molecular weight is 654 g/mol. The minimum Gasteiger partial charge on any atom is -0.366 e. The first kappa shape index (κ1) is 30.5. The molecule has 4 heterocycles. The number of hydrogen-bond donors (Lipinski definition) is 1. The van der Waals surface area contributed by atoms with Gasteiger partial charge in [0, 0.05) is 44.8 Å². The van der Waals surface area contributed by atoms with E-state index in [0.29, 0.717) is 49.0 Å². The first-order valence-electron chi connectivity index (χ1n) is 14.6. The van der Waals surface area contributed by atoms with Crippen LogP contribution in [0.25, 0.3) is 11.3 Å². The summed E-state index contributed by atoms with van der Waals surface area (Å²) in [7, 11) is -3.83. The van der Waals surface area contributed by atoms with Gasteiger partial charge in [0.15, 0.2) is 0 Å². The van der Waals surface area contributed by atoms with Crippen molar-refractivity contribution in [2.24, 2.45) is 0 Å². The third-order valence-corrected chi connectivity index (χ3v) is 11.7. The van der Waals surface area contributed by atoms with Crippen molar-refractivity contribution in [1.82, 2.24) is 14.6 Å². The topological polar surface area (TPSA) is 85.8 Å². The van der Waals surface area contributed by atoms with Crippen molar-refractivity contribution in [3.8, 4) is 11.3 Å². The van der Waals surface area contributed by atoms with Crippen LogP contribution in [0.3, 0.4) is 0 Å². The summed E-state index contributed by atoms with van der Waals surface area (Å²) in [6.45, 7) is 5.14. The second-order valence-electron chi connectivity index (χ2n) is 11.1. The van der Waals surface area contributed by atoms with Gasteiger partial charge >= 0.3 is 0 Å². The molecule has 1 unspecified atom stereocenters. The number of piperazine rings is 1. The third-order valence-electron chi connectivity index (χ3n) is 8.10. The number of nitrogens with one attached hydrogen (secondary N) is 1. The first-order chi connectivity index (χ1) is 21.2. The lowest BCUT2D eigenvalue weighted by Crippen LogP contribution is -2.47. The van der Waals surface area contributed by atoms with Crippen LogP contribution in [-0.4, -0.2) is 62.4 Å². The molecule has 2 fully saturated rings. The molecule has 4 aromatic rings. The number of hydrogen-bond acceptors (Lipinski definition) is 7. The van der Waals surface area contributed by atoms with E-state index in [2.05, 4.69) is 10.2 Å². The maximum atomic E-state index is 14.4. The maximum Gasteiger partial charge on any atom is 0.253 e. The fourth-order valence-corrected chi connectivity index (χ4v) is 9.01. The smallest absolute Gasteiger partial charge is 0.253 e. The molecule has 1 amide bonds. The van der Waals surface area contributed by atoms with Crippen molar-refractivity contribution in [2.75, 3.05) is 42.5 Å². The fourth-order valence-electron chi connectivity index (χ4n) is 5.74. The van der Waals surface area contributed by atoms with E-state index in [4.69, 9.17) is 16.6 Å². The number of pyridine rings is 1. The number of benzene rings is 2. The lowest BCUT2D eigenvalue weighted by molar-refractivity contribution is -0.124. The highest BCUT2D eigenvalue weighted by atomic mass is 35.5. The highest BCUT2D eigenvalue weighted by molar-refractivity contribution is 7.91. The zero-order valence-electron chi connectivity index (χ0n) is 24.2. The summed E-state index contributed by atoms with van der Waals surface area (Å²) in [5, 5.41) is 2.99. The van der Waals surface area contributed by atoms with Gasteiger partial charge in [-0.1, -0.05) is 53.6 Å². The molecule has 8 nitrogen and oxygen atoms in total. The SMILES string of the molecule is Cc1ccc(-c2cc(CNC(=O)C3CCCN3S(=O)(=O)c3ccc(Cl)s3)cc(N3CCN(c4ccccc4F)CC3)n2)cc1. The minimum atomic E-state index is -3.83. The number of halogens is 2. The summed E-state index contributed by atoms with van der Waals surface area (Å²) in [4.78, 5) is 22.6. The summed E-state index contributed by atoms with van der Waals surface area (Å²) < 4.78 is 42.8. The van der Waals surface area contributed by atoms with Crippen LogP contribution in [0.1, 0.15) is 24.0 Å². The lowest BCUT2D eigenvalue weighted by atomic mass is 10.1. The van der Waals surface area contributed by atoms with E-state index >= 15 is 0 Å². The molecule has 12 heteroatoms. The number of sulfonamides is 1. The zero-order chi connectivity index (χ0) is 30.8. The molecule has 6 rings (SSSR count). The second-order valence-corrected chi connectivity index (χ2v) is 14.9. The van der Waals surface area contributed by atoms with Gasteiger partial charge in [-0.05, 0) is 61.7 Å². The Morgan fingerprint density at radius 1 is 1.00 bits per heavy atom. The predicted molar refractivity (Wildman–Crippen MR) is 173 cm³/mol. The van der Waals surface area contributed by atoms with Gasteiger partial charge in [-0.2, -0.15) is 4.31 Å². The lowest BCUT2D eigenvalue weighted by Gasteiger charge is -2.37. The van der Waals surface area contributed by atoms with E-state index in [0.717, 1.165) is 39.5 Å². The Kier molecular flexibility index (Phi) is 8.91. The molecule has 0 spiro atoms. The Morgan fingerprint density at radius 2 is 1.73 bits per heavy atom. The van der Waals surface area contributed by atoms with Crippen LogP contribution in [0.2, 0.25) is 4.34 Å². The van der Waals surface area contributed by atoms with Crippen molar-refractivity contribution in [2.45, 2.75) is 36.6 Å². The molecule has 2 aromatic heterocycles. The van der Waals surface area contributed by atoms with Gasteiger partial charge in [0.1, 0.15) is 21.9 Å². The van der Waals surface area contributed by atoms with E-state index in [1.165, 1.54) is 16.4 Å². The summed E-state index contributed by atoms with van der Waals surface area (Å²) in [6.07, 6.45) is 1.05. The Hall–Kier alpha value is -3.51. The second kappa shape index (κ2) is 12.8. The number of anilines is 2. The molecular weight excluding hydrogens is 621 g/mol. The maximum absolute atomic E-state index is 14.4. The molecule has 0 aliphatic carbocycles. The molecule has 0 bridgehead atoms. The third kappa shape index (κ3) is 6.46. The summed E-state index contributed by atoms with van der Waals surface area (Å²) >= 11 is 6.99. The number of carbonyl (C=O) groups excluding carboxylic acids is 1.